The van der Waals surface area contributed by atoms with Gasteiger partial charge in [-0.05, 0) is 5.56 Å². The summed E-state index contributed by atoms with van der Waals surface area (Å²) in [7, 11) is 1.65. The normalized spacial score (nSPS) is 11.6. The topological polar surface area (TPSA) is 52.0 Å². The fourth-order valence-corrected chi connectivity index (χ4v) is 2.46. The monoisotopic (exact) mass is 270 g/mol. The van der Waals surface area contributed by atoms with Gasteiger partial charge in [-0.1, -0.05) is 30.3 Å². The van der Waals surface area contributed by atoms with Gasteiger partial charge in [-0.2, -0.15) is 5.10 Å². The Morgan fingerprint density at radius 3 is 2.53 bits per heavy atom. The molecular weight excluding hydrogens is 260 g/mol. The molecule has 17 heavy (non-hydrogen) atoms. The highest BCUT2D eigenvalue weighted by atomic mass is 35.7. The van der Waals surface area contributed by atoms with E-state index >= 15 is 0 Å². The predicted octanol–water partition coefficient (Wildman–Crippen LogP) is 2.00. The van der Waals surface area contributed by atoms with Crippen LogP contribution in [0, 0.1) is 0 Å². The first-order valence-electron chi connectivity index (χ1n) is 5.00. The Kier molecular flexibility index (Phi) is 3.49. The van der Waals surface area contributed by atoms with E-state index in [0.29, 0.717) is 12.1 Å². The summed E-state index contributed by atoms with van der Waals surface area (Å²) in [6, 6.07) is 9.81. The van der Waals surface area contributed by atoms with Gasteiger partial charge in [0, 0.05) is 22.4 Å². The molecule has 1 aromatic heterocycles. The Morgan fingerprint density at radius 2 is 1.88 bits per heavy atom. The quantitative estimate of drug-likeness (QED) is 0.799. The minimum Gasteiger partial charge on any atom is -0.268 e. The van der Waals surface area contributed by atoms with Crippen LogP contribution >= 0.6 is 10.7 Å². The van der Waals surface area contributed by atoms with Crippen LogP contribution in [0.25, 0.3) is 0 Å². The summed E-state index contributed by atoms with van der Waals surface area (Å²) in [5, 5.41) is 4.09. The van der Waals surface area contributed by atoms with Gasteiger partial charge in [0.25, 0.3) is 0 Å². The van der Waals surface area contributed by atoms with Gasteiger partial charge in [0.05, 0.1) is 18.5 Å². The zero-order valence-electron chi connectivity index (χ0n) is 8.95. The predicted molar refractivity (Wildman–Crippen MR) is 66.2 cm³/mol. The first-order valence-corrected chi connectivity index (χ1v) is 7.48. The number of hydrogen-bond donors (Lipinski definition) is 0. The van der Waals surface area contributed by atoms with Crippen molar-refractivity contribution in [2.45, 2.75) is 12.3 Å². The molecule has 0 aliphatic carbocycles. The van der Waals surface area contributed by atoms with Crippen LogP contribution in [0.1, 0.15) is 11.1 Å². The number of rotatable bonds is 4. The van der Waals surface area contributed by atoms with Crippen LogP contribution in [0.2, 0.25) is 0 Å². The molecule has 0 amide bonds. The summed E-state index contributed by atoms with van der Waals surface area (Å²) in [6.45, 7) is 0.614. The third kappa shape index (κ3) is 3.87. The Balaban J connectivity index is 2.09. The van der Waals surface area contributed by atoms with Crippen molar-refractivity contribution in [1.82, 2.24) is 9.78 Å². The zero-order valence-corrected chi connectivity index (χ0v) is 10.5. The lowest BCUT2D eigenvalue weighted by Crippen LogP contribution is -1.99. The van der Waals surface area contributed by atoms with Crippen molar-refractivity contribution in [2.24, 2.45) is 0 Å². The highest BCUT2D eigenvalue weighted by Gasteiger charge is 2.09. The van der Waals surface area contributed by atoms with Gasteiger partial charge >= 0.3 is 0 Å². The molecule has 0 spiro atoms. The van der Waals surface area contributed by atoms with Crippen LogP contribution < -0.4 is 0 Å². The summed E-state index contributed by atoms with van der Waals surface area (Å²) in [5.74, 6) is -0.191. The van der Waals surface area contributed by atoms with E-state index in [-0.39, 0.29) is 5.75 Å². The minimum absolute atomic E-state index is 0.191. The molecule has 0 saturated heterocycles. The second kappa shape index (κ2) is 4.89. The average molecular weight is 271 g/mol. The van der Waals surface area contributed by atoms with Gasteiger partial charge < -0.3 is 0 Å². The average Bonchev–Trinajstić information content (AvgIpc) is 2.64. The maximum absolute atomic E-state index is 10.9. The first-order chi connectivity index (χ1) is 8.03. The number of hydrogen-bond acceptors (Lipinski definition) is 3. The van der Waals surface area contributed by atoms with E-state index in [1.807, 2.05) is 30.3 Å². The van der Waals surface area contributed by atoms with Gasteiger partial charge in [0.15, 0.2) is 0 Å². The summed E-state index contributed by atoms with van der Waals surface area (Å²) in [5.41, 5.74) is 1.70. The first kappa shape index (κ1) is 12.1. The second-order valence-electron chi connectivity index (χ2n) is 3.71. The Hall–Kier alpha value is -1.33. The summed E-state index contributed by atoms with van der Waals surface area (Å²) in [6.07, 6.45) is 3.20. The molecule has 0 N–H and O–H groups in total. The molecule has 0 radical (unpaired) electrons. The van der Waals surface area contributed by atoms with Crippen molar-refractivity contribution in [3.8, 4) is 0 Å². The fraction of sp³-hybridized carbons (Fsp3) is 0.182. The third-order valence-corrected chi connectivity index (χ3v) is 3.22. The summed E-state index contributed by atoms with van der Waals surface area (Å²) in [4.78, 5) is 0. The largest absolute Gasteiger partial charge is 0.268 e. The maximum atomic E-state index is 10.9. The van der Waals surface area contributed by atoms with Gasteiger partial charge in [0.2, 0.25) is 9.05 Å². The van der Waals surface area contributed by atoms with E-state index in [9.17, 15) is 8.42 Å². The maximum Gasteiger partial charge on any atom is 0.236 e. The van der Waals surface area contributed by atoms with Crippen molar-refractivity contribution < 1.29 is 8.42 Å². The van der Waals surface area contributed by atoms with Crippen molar-refractivity contribution in [3.05, 3.63) is 53.9 Å². The highest BCUT2D eigenvalue weighted by molar-refractivity contribution is 8.13. The van der Waals surface area contributed by atoms with Crippen LogP contribution in [-0.4, -0.2) is 18.2 Å². The molecule has 2 aromatic rings. The Morgan fingerprint density at radius 1 is 1.18 bits per heavy atom. The van der Waals surface area contributed by atoms with Crippen LogP contribution in [0.3, 0.4) is 0 Å². The second-order valence-corrected chi connectivity index (χ2v) is 6.49. The standard InChI is InChI=1S/C11H11ClN2O2S/c12-17(15,16)9-11-6-13-14(8-11)7-10-4-2-1-3-5-10/h1-6,8H,7,9H2. The molecule has 0 saturated carbocycles. The SMILES string of the molecule is O=S(=O)(Cl)Cc1cnn(Cc2ccccc2)c1. The number of benzene rings is 1. The van der Waals surface area contributed by atoms with Crippen LogP contribution in [-0.2, 0) is 21.3 Å². The molecular formula is C11H11ClN2O2S. The van der Waals surface area contributed by atoms with Crippen molar-refractivity contribution >= 4 is 19.7 Å². The van der Waals surface area contributed by atoms with Crippen LogP contribution in [0.5, 0.6) is 0 Å². The van der Waals surface area contributed by atoms with Gasteiger partial charge in [-0.25, -0.2) is 8.42 Å². The van der Waals surface area contributed by atoms with E-state index in [0.717, 1.165) is 5.56 Å². The lowest BCUT2D eigenvalue weighted by molar-refractivity contribution is 0.609. The minimum atomic E-state index is -3.52. The van der Waals surface area contributed by atoms with Crippen molar-refractivity contribution in [1.29, 1.82) is 0 Å². The smallest absolute Gasteiger partial charge is 0.236 e. The molecule has 0 atom stereocenters. The van der Waals surface area contributed by atoms with Gasteiger partial charge in [0.1, 0.15) is 0 Å². The molecule has 90 valence electrons. The summed E-state index contributed by atoms with van der Waals surface area (Å²) >= 11 is 0. The molecule has 1 heterocycles. The molecule has 6 heteroatoms. The van der Waals surface area contributed by atoms with E-state index in [1.165, 1.54) is 6.20 Å². The molecule has 4 nitrogen and oxygen atoms in total. The molecule has 0 aliphatic heterocycles. The van der Waals surface area contributed by atoms with Crippen LogP contribution in [0.15, 0.2) is 42.7 Å². The molecule has 1 aromatic carbocycles. The third-order valence-electron chi connectivity index (χ3n) is 2.21. The van der Waals surface area contributed by atoms with Gasteiger partial charge in [-0.15, -0.1) is 0 Å². The van der Waals surface area contributed by atoms with E-state index in [4.69, 9.17) is 10.7 Å². The number of nitrogens with zero attached hydrogens (tertiary/aromatic N) is 2. The molecule has 0 bridgehead atoms. The lowest BCUT2D eigenvalue weighted by atomic mass is 10.2. The molecule has 0 aliphatic rings. The fourth-order valence-electron chi connectivity index (χ4n) is 1.54. The zero-order chi connectivity index (χ0) is 12.3. The molecule has 2 rings (SSSR count). The van der Waals surface area contributed by atoms with E-state index < -0.39 is 9.05 Å². The number of aromatic nitrogens is 2. The van der Waals surface area contributed by atoms with Gasteiger partial charge in [-0.3, -0.25) is 4.68 Å². The summed E-state index contributed by atoms with van der Waals surface area (Å²) < 4.78 is 23.5. The van der Waals surface area contributed by atoms with E-state index in [2.05, 4.69) is 5.10 Å². The van der Waals surface area contributed by atoms with E-state index in [1.54, 1.807) is 10.9 Å². The van der Waals surface area contributed by atoms with Crippen molar-refractivity contribution in [3.63, 3.8) is 0 Å². The molecule has 0 unspecified atom stereocenters. The van der Waals surface area contributed by atoms with Crippen LogP contribution in [0.4, 0.5) is 0 Å². The van der Waals surface area contributed by atoms with Crippen molar-refractivity contribution in [2.75, 3.05) is 0 Å². The lowest BCUT2D eigenvalue weighted by Gasteiger charge is -2.00. The highest BCUT2D eigenvalue weighted by Crippen LogP contribution is 2.09. The Bertz CT molecular complexity index is 593. The Labute approximate surface area is 104 Å². The number of halogens is 1. The molecule has 0 fully saturated rings.